The van der Waals surface area contributed by atoms with Crippen LogP contribution in [-0.2, 0) is 76.3 Å². The minimum absolute atomic E-state index is 0.118. The largest absolute Gasteiger partial charge is 0.332 e. The molecule has 6 aromatic rings. The van der Waals surface area contributed by atoms with E-state index in [0.29, 0.717) is 111 Å². The van der Waals surface area contributed by atoms with Gasteiger partial charge >= 0.3 is 17.1 Å². The van der Waals surface area contributed by atoms with Crippen molar-refractivity contribution < 1.29 is 14.4 Å². The van der Waals surface area contributed by atoms with Crippen molar-refractivity contribution in [2.45, 2.75) is 98.2 Å². The van der Waals surface area contributed by atoms with Gasteiger partial charge in [0.05, 0.1) is 19.0 Å². The van der Waals surface area contributed by atoms with Crippen LogP contribution in [-0.4, -0.2) is 73.4 Å². The van der Waals surface area contributed by atoms with Crippen LogP contribution in [0.2, 0.25) is 0 Å². The molecule has 6 rings (SSSR count). The second-order valence-electron chi connectivity index (χ2n) is 15.0. The first-order valence-electron chi connectivity index (χ1n) is 19.6. The number of unbranched alkanes of at least 4 members (excludes halogenated alkanes) is 3. The number of hydrogen-bond acceptors (Lipinski definition) is 12. The molecule has 0 spiro atoms. The third-order valence-corrected chi connectivity index (χ3v) is 10.1. The highest BCUT2D eigenvalue weighted by atomic mass is 16.2. The Morgan fingerprint density at radius 1 is 0.417 bits per heavy atom. The number of nitrogens with zero attached hydrogens (tertiary/aromatic N) is 12. The van der Waals surface area contributed by atoms with Crippen LogP contribution >= 0.6 is 0 Å². The lowest BCUT2D eigenvalue weighted by molar-refractivity contribution is -0.118. The van der Waals surface area contributed by atoms with Crippen LogP contribution in [0.15, 0.2) is 47.7 Å². The second kappa shape index (κ2) is 19.9. The van der Waals surface area contributed by atoms with Crippen LogP contribution < -0.4 is 33.7 Å². The van der Waals surface area contributed by atoms with Gasteiger partial charge in [-0.25, -0.2) is 29.3 Å². The molecule has 0 atom stereocenters. The molecule has 0 unspecified atom stereocenters. The number of Topliss-reactive ketones (excluding diaryl/α,β-unsaturated/α-hetero) is 3. The van der Waals surface area contributed by atoms with Crippen molar-refractivity contribution in [1.82, 2.24) is 56.1 Å². The molecule has 6 aromatic heterocycles. The number of hydrogen-bond donors (Lipinski definition) is 0. The molecule has 0 aliphatic heterocycles. The maximum absolute atomic E-state index is 12.3. The maximum atomic E-state index is 12.3. The molecule has 0 aliphatic rings. The van der Waals surface area contributed by atoms with Crippen molar-refractivity contribution >= 4 is 50.8 Å². The van der Waals surface area contributed by atoms with E-state index < -0.39 is 0 Å². The summed E-state index contributed by atoms with van der Waals surface area (Å²) in [6.07, 6.45) is 9.88. The zero-order chi connectivity index (χ0) is 44.6. The predicted octanol–water partition coefficient (Wildman–Crippen LogP) is 0.579. The summed E-state index contributed by atoms with van der Waals surface area (Å²) >= 11 is 0. The molecule has 0 fully saturated rings. The summed E-state index contributed by atoms with van der Waals surface area (Å²) in [5.41, 5.74) is 0.323. The van der Waals surface area contributed by atoms with E-state index >= 15 is 0 Å². The van der Waals surface area contributed by atoms with Crippen LogP contribution in [0.1, 0.15) is 78.6 Å². The molecule has 0 N–H and O–H groups in total. The van der Waals surface area contributed by atoms with E-state index in [4.69, 9.17) is 0 Å². The van der Waals surface area contributed by atoms with E-state index in [9.17, 15) is 43.2 Å². The lowest BCUT2D eigenvalue weighted by Crippen LogP contribution is -2.39. The fourth-order valence-electron chi connectivity index (χ4n) is 6.71. The summed E-state index contributed by atoms with van der Waals surface area (Å²) in [5, 5.41) is 0. The Morgan fingerprint density at radius 3 is 0.867 bits per heavy atom. The van der Waals surface area contributed by atoms with E-state index in [1.807, 2.05) is 0 Å². The van der Waals surface area contributed by atoms with Crippen molar-refractivity contribution in [3.8, 4) is 0 Å². The SMILES string of the molecule is CC(=O)CCCCn1c(=O)c2c(ncn2C)n(C)c1=O.CC(=O)CCCCn1c(=O)c2c(ncn2C)n(C)c1=O.CC(=O)CCCCn1c(=O)c2c(ncn2C)n(C)c1=O. The molecule has 0 saturated carbocycles. The molecule has 0 saturated heterocycles. The van der Waals surface area contributed by atoms with Gasteiger partial charge in [-0.2, -0.15) is 0 Å². The van der Waals surface area contributed by atoms with Gasteiger partial charge in [0.25, 0.3) is 16.7 Å². The van der Waals surface area contributed by atoms with E-state index in [1.54, 1.807) is 56.0 Å². The molecular weight excluding hydrogens is 781 g/mol. The lowest BCUT2D eigenvalue weighted by Gasteiger charge is -2.08. The smallest absolute Gasteiger partial charge is 0.328 e. The third-order valence-electron chi connectivity index (χ3n) is 10.1. The fourth-order valence-corrected chi connectivity index (χ4v) is 6.71. The summed E-state index contributed by atoms with van der Waals surface area (Å²) in [6, 6.07) is 0. The number of fused-ring (bicyclic) bond motifs is 3. The number of carbonyl (C=O) groups excluding carboxylic acids is 3. The highest BCUT2D eigenvalue weighted by Gasteiger charge is 2.17. The van der Waals surface area contributed by atoms with Gasteiger partial charge in [-0.3, -0.25) is 41.8 Å². The van der Waals surface area contributed by atoms with Gasteiger partial charge in [-0.1, -0.05) is 0 Å². The maximum Gasteiger partial charge on any atom is 0.332 e. The summed E-state index contributed by atoms with van der Waals surface area (Å²) in [7, 11) is 9.97. The number of ketones is 3. The molecule has 21 heteroatoms. The molecule has 0 bridgehead atoms. The van der Waals surface area contributed by atoms with Crippen molar-refractivity contribution in [1.29, 1.82) is 0 Å². The first kappa shape index (κ1) is 46.2. The molecular formula is C39H54N12O9. The second-order valence-corrected chi connectivity index (χ2v) is 15.0. The van der Waals surface area contributed by atoms with E-state index in [0.717, 1.165) is 0 Å². The Labute approximate surface area is 342 Å². The number of imidazole rings is 3. The van der Waals surface area contributed by atoms with Crippen LogP contribution in [0, 0.1) is 0 Å². The minimum Gasteiger partial charge on any atom is -0.328 e. The molecule has 0 amide bonds. The summed E-state index contributed by atoms with van der Waals surface area (Å²) in [5.74, 6) is 0.354. The summed E-state index contributed by atoms with van der Waals surface area (Å²) in [6.45, 7) is 5.56. The van der Waals surface area contributed by atoms with E-state index in [2.05, 4.69) is 15.0 Å². The monoisotopic (exact) mass is 834 g/mol. The Hall–Kier alpha value is -6.54. The van der Waals surface area contributed by atoms with Crippen LogP contribution in [0.3, 0.4) is 0 Å². The van der Waals surface area contributed by atoms with Crippen molar-refractivity contribution in [3.05, 3.63) is 81.5 Å². The Bertz CT molecular complexity index is 2610. The molecule has 60 heavy (non-hydrogen) atoms. The van der Waals surface area contributed by atoms with Gasteiger partial charge in [-0.05, 0) is 59.3 Å². The van der Waals surface area contributed by atoms with E-state index in [-0.39, 0.29) is 51.1 Å². The Morgan fingerprint density at radius 2 is 0.650 bits per heavy atom. The van der Waals surface area contributed by atoms with Crippen molar-refractivity contribution in [3.63, 3.8) is 0 Å². The summed E-state index contributed by atoms with van der Waals surface area (Å²) < 4.78 is 12.6. The zero-order valence-electron chi connectivity index (χ0n) is 35.8. The third kappa shape index (κ3) is 10.2. The van der Waals surface area contributed by atoms with Crippen LogP contribution in [0.4, 0.5) is 0 Å². The van der Waals surface area contributed by atoms with Gasteiger partial charge in [0.15, 0.2) is 33.5 Å². The molecule has 324 valence electrons. The molecule has 0 aliphatic carbocycles. The Balaban J connectivity index is 0.000000198. The molecule has 0 radical (unpaired) electrons. The highest BCUT2D eigenvalue weighted by molar-refractivity contribution is 5.76. The van der Waals surface area contributed by atoms with Crippen LogP contribution in [0.5, 0.6) is 0 Å². The van der Waals surface area contributed by atoms with Gasteiger partial charge in [-0.15, -0.1) is 0 Å². The minimum atomic E-state index is -0.371. The van der Waals surface area contributed by atoms with Gasteiger partial charge in [0.1, 0.15) is 17.3 Å². The van der Waals surface area contributed by atoms with Gasteiger partial charge < -0.3 is 28.1 Å². The number of aromatic nitrogens is 12. The number of aryl methyl sites for hydroxylation is 6. The van der Waals surface area contributed by atoms with Crippen LogP contribution in [0.25, 0.3) is 33.5 Å². The van der Waals surface area contributed by atoms with Crippen molar-refractivity contribution in [2.24, 2.45) is 42.3 Å². The lowest BCUT2D eigenvalue weighted by atomic mass is 10.2. The fraction of sp³-hybridized carbons (Fsp3) is 0.538. The molecule has 0 aromatic carbocycles. The first-order valence-corrected chi connectivity index (χ1v) is 19.6. The number of carbonyl (C=O) groups is 3. The zero-order valence-corrected chi connectivity index (χ0v) is 35.8. The average molecular weight is 835 g/mol. The topological polar surface area (TPSA) is 237 Å². The Kier molecular flexibility index (Phi) is 15.3. The van der Waals surface area contributed by atoms with Gasteiger partial charge in [0.2, 0.25) is 0 Å². The highest BCUT2D eigenvalue weighted by Crippen LogP contribution is 2.07. The first-order chi connectivity index (χ1) is 28.3. The predicted molar refractivity (Wildman–Crippen MR) is 224 cm³/mol. The average Bonchev–Trinajstić information content (AvgIpc) is 3.90. The number of rotatable bonds is 15. The quantitative estimate of drug-likeness (QED) is 0.129. The van der Waals surface area contributed by atoms with Crippen molar-refractivity contribution in [2.75, 3.05) is 0 Å². The summed E-state index contributed by atoms with van der Waals surface area (Å²) in [4.78, 5) is 118. The normalized spacial score (nSPS) is 11.2. The molecule has 21 nitrogen and oxygen atoms in total. The standard InChI is InChI=1S/3C13H18N4O3/c3*1-9(18)6-4-5-7-17-12(19)10-11(14-8-15(10)2)16(3)13(17)20/h3*8H,4-7H2,1-3H3. The van der Waals surface area contributed by atoms with E-state index in [1.165, 1.54) is 67.2 Å². The molecule has 6 heterocycles. The van der Waals surface area contributed by atoms with Gasteiger partial charge in [0, 0.05) is 81.2 Å².